The van der Waals surface area contributed by atoms with Gasteiger partial charge in [0.05, 0.1) is 12.0 Å². The molecule has 2 N–H and O–H groups in total. The Bertz CT molecular complexity index is 483. The molecule has 6 nitrogen and oxygen atoms in total. The van der Waals surface area contributed by atoms with Crippen LogP contribution in [0.4, 0.5) is 4.79 Å². The summed E-state index contributed by atoms with van der Waals surface area (Å²) >= 11 is 0. The minimum Gasteiger partial charge on any atom is -0.465 e. The highest BCUT2D eigenvalue weighted by Gasteiger charge is 2.32. The molecule has 1 fully saturated rings. The van der Waals surface area contributed by atoms with Gasteiger partial charge in [0.2, 0.25) is 0 Å². The van der Waals surface area contributed by atoms with Crippen LogP contribution in [0.2, 0.25) is 0 Å². The van der Waals surface area contributed by atoms with Gasteiger partial charge in [-0.1, -0.05) is 27.7 Å². The first kappa shape index (κ1) is 23.7. The quantitative estimate of drug-likeness (QED) is 0.662. The minimum absolute atomic E-state index is 0.0582. The van der Waals surface area contributed by atoms with Gasteiger partial charge >= 0.3 is 12.1 Å². The fourth-order valence-corrected chi connectivity index (χ4v) is 4.17. The number of aliphatic hydroxyl groups is 1. The first-order chi connectivity index (χ1) is 12.6. The maximum absolute atomic E-state index is 12.5. The molecule has 5 unspecified atom stereocenters. The minimum atomic E-state index is -0.883. The van der Waals surface area contributed by atoms with Gasteiger partial charge < -0.3 is 19.8 Å². The van der Waals surface area contributed by atoms with E-state index in [9.17, 15) is 19.8 Å². The Labute approximate surface area is 164 Å². The van der Waals surface area contributed by atoms with Gasteiger partial charge in [-0.25, -0.2) is 4.79 Å². The highest BCUT2D eigenvalue weighted by atomic mass is 16.5. The van der Waals surface area contributed by atoms with Gasteiger partial charge in [-0.05, 0) is 63.7 Å². The number of carbonyl (C=O) groups excluding carboxylic acids is 1. The average Bonchev–Trinajstić information content (AvgIpc) is 2.60. The highest BCUT2D eigenvalue weighted by molar-refractivity contribution is 5.72. The Morgan fingerprint density at radius 3 is 2.30 bits per heavy atom. The zero-order chi connectivity index (χ0) is 20.7. The Kier molecular flexibility index (Phi) is 9.57. The number of hydrogen-bond donors (Lipinski definition) is 2. The standard InChI is InChI=1S/C21H39NO5/c1-7-18-9-8-13(2)12-22(21(25)26)16(5)11-14(3)10-15(4)19(23)17(6)20(24)27-18/h13-19,23H,7-12H2,1-6H3,(H,25,26)/t13-,14?,15?,16-,17?,18?,19?/m1/s1. The largest absolute Gasteiger partial charge is 0.465 e. The molecule has 1 aliphatic rings. The molecule has 0 aliphatic carbocycles. The van der Waals surface area contributed by atoms with Crippen molar-refractivity contribution in [1.82, 2.24) is 4.90 Å². The number of ether oxygens (including phenoxy) is 1. The van der Waals surface area contributed by atoms with Gasteiger partial charge in [0, 0.05) is 12.6 Å². The van der Waals surface area contributed by atoms with E-state index in [2.05, 4.69) is 6.92 Å². The second-order valence-electron chi connectivity index (χ2n) is 8.77. The lowest BCUT2D eigenvalue weighted by Gasteiger charge is -2.32. The summed E-state index contributed by atoms with van der Waals surface area (Å²) in [5.74, 6) is -0.511. The SMILES string of the molecule is CCC1CC[C@@H](C)CN(C(=O)O)[C@H](C)CC(C)CC(C)C(O)C(C)C(=O)O1. The topological polar surface area (TPSA) is 87.1 Å². The van der Waals surface area contributed by atoms with Crippen LogP contribution in [-0.4, -0.2) is 52.0 Å². The molecule has 1 aliphatic heterocycles. The van der Waals surface area contributed by atoms with E-state index in [4.69, 9.17) is 4.74 Å². The molecular formula is C21H39NO5. The molecule has 0 saturated carbocycles. The molecule has 1 rings (SSSR count). The Balaban J connectivity index is 3.01. The Morgan fingerprint density at radius 2 is 1.74 bits per heavy atom. The predicted octanol–water partition coefficient (Wildman–Crippen LogP) is 4.16. The van der Waals surface area contributed by atoms with E-state index in [-0.39, 0.29) is 35.9 Å². The fourth-order valence-electron chi connectivity index (χ4n) is 4.17. The molecule has 7 atom stereocenters. The number of carboxylic acid groups (broad SMARTS) is 1. The summed E-state index contributed by atoms with van der Waals surface area (Å²) in [6, 6.07) is -0.0771. The monoisotopic (exact) mass is 385 g/mol. The molecule has 0 bridgehead atoms. The van der Waals surface area contributed by atoms with Crippen molar-refractivity contribution in [1.29, 1.82) is 0 Å². The van der Waals surface area contributed by atoms with Gasteiger partial charge in [-0.3, -0.25) is 4.79 Å². The van der Waals surface area contributed by atoms with Crippen molar-refractivity contribution < 1.29 is 24.5 Å². The molecule has 0 aromatic carbocycles. The molecule has 0 spiro atoms. The van der Waals surface area contributed by atoms with Crippen molar-refractivity contribution in [3.05, 3.63) is 0 Å². The predicted molar refractivity (Wildman–Crippen MR) is 105 cm³/mol. The zero-order valence-electron chi connectivity index (χ0n) is 17.9. The lowest BCUT2D eigenvalue weighted by Crippen LogP contribution is -2.41. The van der Waals surface area contributed by atoms with Gasteiger partial charge in [-0.2, -0.15) is 0 Å². The molecular weight excluding hydrogens is 346 g/mol. The summed E-state index contributed by atoms with van der Waals surface area (Å²) in [5.41, 5.74) is 0. The van der Waals surface area contributed by atoms with Gasteiger partial charge in [-0.15, -0.1) is 0 Å². The number of amides is 1. The van der Waals surface area contributed by atoms with Crippen LogP contribution in [0.3, 0.4) is 0 Å². The molecule has 0 aromatic heterocycles. The molecule has 1 saturated heterocycles. The number of aliphatic hydroxyl groups excluding tert-OH is 1. The third kappa shape index (κ3) is 7.32. The maximum atomic E-state index is 12.5. The molecule has 0 radical (unpaired) electrons. The van der Waals surface area contributed by atoms with Crippen LogP contribution in [0.15, 0.2) is 0 Å². The van der Waals surface area contributed by atoms with Crippen molar-refractivity contribution in [3.8, 4) is 0 Å². The average molecular weight is 386 g/mol. The molecule has 1 amide bonds. The second-order valence-corrected chi connectivity index (χ2v) is 8.77. The molecule has 1 heterocycles. The van der Waals surface area contributed by atoms with Crippen molar-refractivity contribution in [2.45, 2.75) is 91.9 Å². The summed E-state index contributed by atoms with van der Waals surface area (Å²) < 4.78 is 5.65. The van der Waals surface area contributed by atoms with Crippen LogP contribution in [0.5, 0.6) is 0 Å². The van der Waals surface area contributed by atoms with E-state index in [1.165, 1.54) is 4.90 Å². The lowest BCUT2D eigenvalue weighted by atomic mass is 9.84. The summed E-state index contributed by atoms with van der Waals surface area (Å²) in [5, 5.41) is 20.2. The van der Waals surface area contributed by atoms with Crippen LogP contribution in [0.25, 0.3) is 0 Å². The first-order valence-corrected chi connectivity index (χ1v) is 10.4. The second kappa shape index (κ2) is 10.9. The first-order valence-electron chi connectivity index (χ1n) is 10.4. The van der Waals surface area contributed by atoms with Gasteiger partial charge in [0.1, 0.15) is 6.10 Å². The summed E-state index contributed by atoms with van der Waals surface area (Å²) in [6.45, 7) is 12.2. The summed E-state index contributed by atoms with van der Waals surface area (Å²) in [7, 11) is 0. The normalized spacial score (nSPS) is 37.8. The van der Waals surface area contributed by atoms with Crippen molar-refractivity contribution in [3.63, 3.8) is 0 Å². The third-order valence-corrected chi connectivity index (χ3v) is 5.99. The fraction of sp³-hybridized carbons (Fsp3) is 0.905. The van der Waals surface area contributed by atoms with Crippen LogP contribution >= 0.6 is 0 Å². The number of rotatable bonds is 1. The smallest absolute Gasteiger partial charge is 0.407 e. The summed E-state index contributed by atoms with van der Waals surface area (Å²) in [6.07, 6.45) is 1.87. The van der Waals surface area contributed by atoms with E-state index >= 15 is 0 Å². The number of esters is 1. The zero-order valence-corrected chi connectivity index (χ0v) is 17.9. The van der Waals surface area contributed by atoms with Crippen LogP contribution in [0.1, 0.15) is 73.6 Å². The van der Waals surface area contributed by atoms with Gasteiger partial charge in [0.15, 0.2) is 0 Å². The number of carbonyl (C=O) groups is 2. The van der Waals surface area contributed by atoms with Crippen molar-refractivity contribution in [2.24, 2.45) is 23.7 Å². The third-order valence-electron chi connectivity index (χ3n) is 5.99. The van der Waals surface area contributed by atoms with E-state index < -0.39 is 18.1 Å². The number of hydrogen-bond acceptors (Lipinski definition) is 4. The van der Waals surface area contributed by atoms with E-state index in [0.29, 0.717) is 19.4 Å². The molecule has 27 heavy (non-hydrogen) atoms. The number of cyclic esters (lactones) is 1. The summed E-state index contributed by atoms with van der Waals surface area (Å²) in [4.78, 5) is 25.8. The van der Waals surface area contributed by atoms with Crippen LogP contribution < -0.4 is 0 Å². The highest BCUT2D eigenvalue weighted by Crippen LogP contribution is 2.27. The van der Waals surface area contributed by atoms with Crippen molar-refractivity contribution >= 4 is 12.1 Å². The Hall–Kier alpha value is -1.30. The van der Waals surface area contributed by atoms with Crippen molar-refractivity contribution in [2.75, 3.05) is 6.54 Å². The van der Waals surface area contributed by atoms with Gasteiger partial charge in [0.25, 0.3) is 0 Å². The molecule has 6 heteroatoms. The van der Waals surface area contributed by atoms with Crippen LogP contribution in [0, 0.1) is 23.7 Å². The molecule has 158 valence electrons. The van der Waals surface area contributed by atoms with Crippen LogP contribution in [-0.2, 0) is 9.53 Å². The van der Waals surface area contributed by atoms with E-state index in [0.717, 1.165) is 19.3 Å². The number of nitrogens with zero attached hydrogens (tertiary/aromatic N) is 1. The lowest BCUT2D eigenvalue weighted by molar-refractivity contribution is -0.159. The van der Waals surface area contributed by atoms with E-state index in [1.54, 1.807) is 6.92 Å². The van der Waals surface area contributed by atoms with E-state index in [1.807, 2.05) is 27.7 Å². The molecule has 0 aromatic rings. The maximum Gasteiger partial charge on any atom is 0.407 e. The Morgan fingerprint density at radius 1 is 1.11 bits per heavy atom.